The van der Waals surface area contributed by atoms with Gasteiger partial charge in [0.05, 0.1) is 6.42 Å². The summed E-state index contributed by atoms with van der Waals surface area (Å²) in [4.78, 5) is 61.2. The summed E-state index contributed by atoms with van der Waals surface area (Å²) in [5, 5.41) is 14.4. The molecule has 0 heterocycles. The fourth-order valence-electron chi connectivity index (χ4n) is 8.48. The van der Waals surface area contributed by atoms with Crippen molar-refractivity contribution in [3.05, 3.63) is 11.6 Å². The molecule has 0 bridgehead atoms. The van der Waals surface area contributed by atoms with Crippen LogP contribution in [0.5, 0.6) is 0 Å². The lowest BCUT2D eigenvalue weighted by Crippen LogP contribution is -2.51. The van der Waals surface area contributed by atoms with Crippen molar-refractivity contribution in [1.82, 2.24) is 10.6 Å². The number of allylic oxidation sites excluding steroid dienone is 1. The van der Waals surface area contributed by atoms with Crippen LogP contribution >= 0.6 is 0 Å². The maximum atomic E-state index is 12.8. The lowest BCUT2D eigenvalue weighted by atomic mass is 9.47. The van der Waals surface area contributed by atoms with Crippen molar-refractivity contribution < 1.29 is 33.8 Å². The Morgan fingerprint density at radius 3 is 2.49 bits per heavy atom. The molecule has 0 aromatic heterocycles. The highest BCUT2D eigenvalue weighted by Crippen LogP contribution is 2.65. The first-order chi connectivity index (χ1) is 19.4. The minimum Gasteiger partial charge on any atom is -0.480 e. The Labute approximate surface area is 243 Å². The summed E-state index contributed by atoms with van der Waals surface area (Å²) in [6, 6.07) is -1.91. The number of carboxylic acid groups (broad SMARTS) is 1. The molecule has 2 amide bonds. The molecule has 0 spiro atoms. The van der Waals surface area contributed by atoms with Crippen LogP contribution in [-0.4, -0.2) is 52.8 Å². The van der Waals surface area contributed by atoms with Crippen molar-refractivity contribution in [3.8, 4) is 0 Å². The average Bonchev–Trinajstić information content (AvgIpc) is 3.25. The molecule has 0 aliphatic heterocycles. The van der Waals surface area contributed by atoms with Crippen molar-refractivity contribution in [2.75, 3.05) is 0 Å². The van der Waals surface area contributed by atoms with Crippen molar-refractivity contribution in [2.45, 2.75) is 129 Å². The first-order valence-corrected chi connectivity index (χ1v) is 15.6. The number of carbonyl (C=O) groups excluding carboxylic acids is 4. The summed E-state index contributed by atoms with van der Waals surface area (Å²) in [5.41, 5.74) is 1.38. The number of esters is 1. The van der Waals surface area contributed by atoms with E-state index in [9.17, 15) is 29.1 Å². The van der Waals surface area contributed by atoms with Gasteiger partial charge in [-0.05, 0) is 87.5 Å². The van der Waals surface area contributed by atoms with Crippen molar-refractivity contribution in [3.63, 3.8) is 0 Å². The maximum absolute atomic E-state index is 12.8. The number of rotatable bonds is 11. The lowest BCUT2D eigenvalue weighted by molar-refractivity contribution is -0.160. The third kappa shape index (κ3) is 6.54. The van der Waals surface area contributed by atoms with Gasteiger partial charge in [0.15, 0.2) is 5.78 Å². The van der Waals surface area contributed by atoms with E-state index in [4.69, 9.17) is 4.74 Å². The minimum atomic E-state index is -1.10. The Kier molecular flexibility index (Phi) is 9.64. The number of carbonyl (C=O) groups is 5. The molecule has 9 heteroatoms. The molecule has 41 heavy (non-hydrogen) atoms. The van der Waals surface area contributed by atoms with Crippen LogP contribution in [0.25, 0.3) is 0 Å². The number of carboxylic acids is 1. The van der Waals surface area contributed by atoms with Gasteiger partial charge in [0.1, 0.15) is 18.2 Å². The molecule has 0 aromatic rings. The van der Waals surface area contributed by atoms with Gasteiger partial charge in [-0.15, -0.1) is 0 Å². The Morgan fingerprint density at radius 2 is 1.78 bits per heavy atom. The number of ether oxygens (including phenoxy) is 1. The van der Waals surface area contributed by atoms with E-state index in [1.165, 1.54) is 12.5 Å². The molecule has 0 aromatic carbocycles. The van der Waals surface area contributed by atoms with Crippen LogP contribution in [-0.2, 0) is 28.7 Å². The number of hydrogen-bond donors (Lipinski definition) is 3. The summed E-state index contributed by atoms with van der Waals surface area (Å²) < 4.78 is 6.01. The monoisotopic (exact) mass is 572 g/mol. The molecule has 0 radical (unpaired) electrons. The van der Waals surface area contributed by atoms with Crippen LogP contribution in [0.3, 0.4) is 0 Å². The molecule has 4 rings (SSSR count). The Bertz CT molecular complexity index is 1090. The molecule has 3 N–H and O–H groups in total. The van der Waals surface area contributed by atoms with E-state index in [1.807, 2.05) is 13.0 Å². The summed E-state index contributed by atoms with van der Waals surface area (Å²) in [5.74, 6) is -0.611. The molecule has 4 aliphatic rings. The van der Waals surface area contributed by atoms with Gasteiger partial charge in [-0.25, -0.2) is 4.79 Å². The van der Waals surface area contributed by atoms with Gasteiger partial charge in [0, 0.05) is 18.3 Å². The normalized spacial score (nSPS) is 33.8. The second-order valence-corrected chi connectivity index (χ2v) is 13.4. The number of ketones is 1. The summed E-state index contributed by atoms with van der Waals surface area (Å²) >= 11 is 0. The zero-order valence-electron chi connectivity index (χ0n) is 25.1. The van der Waals surface area contributed by atoms with Crippen LogP contribution < -0.4 is 10.6 Å². The smallest absolute Gasteiger partial charge is 0.326 e. The maximum Gasteiger partial charge on any atom is 0.326 e. The molecule has 0 unspecified atom stereocenters. The van der Waals surface area contributed by atoms with E-state index in [2.05, 4.69) is 24.5 Å². The highest BCUT2D eigenvalue weighted by molar-refractivity contribution is 5.92. The number of aliphatic carboxylic acids is 1. The fraction of sp³-hybridized carbons (Fsp3) is 0.781. The van der Waals surface area contributed by atoms with Crippen molar-refractivity contribution in [2.24, 2.45) is 28.6 Å². The van der Waals surface area contributed by atoms with Crippen LogP contribution in [0.2, 0.25) is 0 Å². The molecule has 3 fully saturated rings. The highest BCUT2D eigenvalue weighted by atomic mass is 16.5. The first kappa shape index (κ1) is 31.2. The zero-order chi connectivity index (χ0) is 29.9. The largest absolute Gasteiger partial charge is 0.480 e. The van der Waals surface area contributed by atoms with Gasteiger partial charge in [0.2, 0.25) is 11.8 Å². The van der Waals surface area contributed by atoms with Crippen LogP contribution in [0, 0.1) is 28.6 Å². The van der Waals surface area contributed by atoms with Gasteiger partial charge >= 0.3 is 11.9 Å². The molecule has 3 saturated carbocycles. The van der Waals surface area contributed by atoms with Gasteiger partial charge in [0.25, 0.3) is 0 Å². The predicted molar refractivity (Wildman–Crippen MR) is 153 cm³/mol. The molecule has 9 nitrogen and oxygen atoms in total. The lowest BCUT2D eigenvalue weighted by Gasteiger charge is -2.57. The Morgan fingerprint density at radius 1 is 1.02 bits per heavy atom. The van der Waals surface area contributed by atoms with E-state index in [1.54, 1.807) is 0 Å². The van der Waals surface area contributed by atoms with E-state index in [-0.39, 0.29) is 35.6 Å². The van der Waals surface area contributed by atoms with E-state index >= 15 is 0 Å². The average molecular weight is 573 g/mol. The molecule has 0 saturated heterocycles. The predicted octanol–water partition coefficient (Wildman–Crippen LogP) is 4.47. The summed E-state index contributed by atoms with van der Waals surface area (Å²) in [6.45, 7) is 8.07. The SMILES string of the molecule is CCCC[C@@H](NC(=O)[C@H](C)NC(=O)CCC(=O)O[C@@H]1CC[C@H]2[C@@H]3CCC4=CC(=O)CC[C@]4(C)[C@H]3CC[C@]12C)C(=O)O. The third-order valence-electron chi connectivity index (χ3n) is 10.9. The molecule has 4 aliphatic carbocycles. The topological polar surface area (TPSA) is 139 Å². The second kappa shape index (κ2) is 12.7. The van der Waals surface area contributed by atoms with E-state index in [0.717, 1.165) is 51.4 Å². The van der Waals surface area contributed by atoms with Gasteiger partial charge in [-0.1, -0.05) is 39.2 Å². The van der Waals surface area contributed by atoms with Gasteiger partial charge < -0.3 is 20.5 Å². The Hall–Kier alpha value is -2.71. The van der Waals surface area contributed by atoms with Gasteiger partial charge in [-0.3, -0.25) is 19.2 Å². The van der Waals surface area contributed by atoms with Crippen molar-refractivity contribution >= 4 is 29.5 Å². The molecule has 8 atom stereocenters. The Balaban J connectivity index is 1.26. The number of unbranched alkanes of at least 4 members (excludes halogenated alkanes) is 1. The van der Waals surface area contributed by atoms with Crippen LogP contribution in [0.4, 0.5) is 0 Å². The van der Waals surface area contributed by atoms with Crippen molar-refractivity contribution in [1.29, 1.82) is 0 Å². The van der Waals surface area contributed by atoms with Crippen LogP contribution in [0.15, 0.2) is 11.6 Å². The minimum absolute atomic E-state index is 0.0715. The molecule has 228 valence electrons. The van der Waals surface area contributed by atoms with Crippen LogP contribution in [0.1, 0.15) is 111 Å². The number of hydrogen-bond acceptors (Lipinski definition) is 6. The zero-order valence-corrected chi connectivity index (χ0v) is 25.1. The molecular formula is C32H48N2O7. The standard InChI is InChI=1S/C32H48N2O7/c1-5-6-7-25(30(39)40)34-29(38)19(2)33-27(36)12-13-28(37)41-26-11-10-23-22-9-8-20-18-21(35)14-16-31(20,3)24(22)15-17-32(23,26)4/h18-19,22-26H,5-17H2,1-4H3,(H,33,36)(H,34,38)(H,39,40)/t19-,22-,23-,24-,25+,26+,31-,32-/m0/s1. The van der Waals surface area contributed by atoms with E-state index < -0.39 is 35.8 Å². The third-order valence-corrected chi connectivity index (χ3v) is 10.9. The first-order valence-electron chi connectivity index (χ1n) is 15.6. The summed E-state index contributed by atoms with van der Waals surface area (Å²) in [7, 11) is 0. The van der Waals surface area contributed by atoms with Gasteiger partial charge in [-0.2, -0.15) is 0 Å². The molecular weight excluding hydrogens is 524 g/mol. The fourth-order valence-corrected chi connectivity index (χ4v) is 8.48. The quantitative estimate of drug-likeness (QED) is 0.310. The summed E-state index contributed by atoms with van der Waals surface area (Å²) in [6.07, 6.45) is 11.0. The van der Waals surface area contributed by atoms with E-state index in [0.29, 0.717) is 37.0 Å². The highest BCUT2D eigenvalue weighted by Gasteiger charge is 2.60. The number of nitrogens with one attached hydrogen (secondary N) is 2. The second-order valence-electron chi connectivity index (χ2n) is 13.4. The number of amides is 2. The number of fused-ring (bicyclic) bond motifs is 5.